The highest BCUT2D eigenvalue weighted by molar-refractivity contribution is 14.1. The number of anilines is 1. The zero-order chi connectivity index (χ0) is 12.5. The number of benzene rings is 1. The van der Waals surface area contributed by atoms with Crippen LogP contribution in [-0.4, -0.2) is 12.1 Å². The lowest BCUT2D eigenvalue weighted by molar-refractivity contribution is -0.167. The van der Waals surface area contributed by atoms with Crippen molar-refractivity contribution in [3.05, 3.63) is 25.7 Å². The topological polar surface area (TPSA) is 29.1 Å². The van der Waals surface area contributed by atoms with E-state index < -0.39 is 12.1 Å². The van der Waals surface area contributed by atoms with Crippen molar-refractivity contribution in [2.45, 2.75) is 13.1 Å². The van der Waals surface area contributed by atoms with E-state index in [4.69, 9.17) is 0 Å². The first-order valence-corrected chi connectivity index (χ1v) is 5.93. The van der Waals surface area contributed by atoms with Gasteiger partial charge in [0.1, 0.15) is 0 Å². The summed E-state index contributed by atoms with van der Waals surface area (Å²) < 4.78 is 37.5. The minimum Gasteiger partial charge on any atom is -0.317 e. The Morgan fingerprint density at radius 3 is 2.44 bits per heavy atom. The van der Waals surface area contributed by atoms with Crippen molar-refractivity contribution in [1.82, 2.24) is 0 Å². The number of aryl methyl sites for hydroxylation is 1. The maximum absolute atomic E-state index is 12.1. The molecule has 1 rings (SSSR count). The number of nitrogens with one attached hydrogen (secondary N) is 1. The van der Waals surface area contributed by atoms with Gasteiger partial charge in [0.15, 0.2) is 0 Å². The van der Waals surface area contributed by atoms with Crippen molar-refractivity contribution in [2.24, 2.45) is 0 Å². The molecule has 7 heteroatoms. The molecule has 0 aromatic heterocycles. The molecular weight excluding hydrogens is 402 g/mol. The second kappa shape index (κ2) is 4.91. The van der Waals surface area contributed by atoms with Crippen LogP contribution in [0.2, 0.25) is 0 Å². The van der Waals surface area contributed by atoms with E-state index in [1.165, 1.54) is 0 Å². The molecule has 1 amide bonds. The summed E-state index contributed by atoms with van der Waals surface area (Å²) >= 11 is 5.07. The van der Waals surface area contributed by atoms with E-state index >= 15 is 0 Å². The quantitative estimate of drug-likeness (QED) is 0.703. The first-order valence-electron chi connectivity index (χ1n) is 4.05. The van der Waals surface area contributed by atoms with Gasteiger partial charge in [-0.1, -0.05) is 15.9 Å². The summed E-state index contributed by atoms with van der Waals surface area (Å²) in [4.78, 5) is 10.8. The van der Waals surface area contributed by atoms with Crippen molar-refractivity contribution in [3.8, 4) is 0 Å². The van der Waals surface area contributed by atoms with Gasteiger partial charge in [-0.15, -0.1) is 0 Å². The zero-order valence-electron chi connectivity index (χ0n) is 7.95. The SMILES string of the molecule is Cc1cc(Br)cc(I)c1NC(=O)C(F)(F)F. The summed E-state index contributed by atoms with van der Waals surface area (Å²) in [6.45, 7) is 1.62. The molecule has 0 spiro atoms. The van der Waals surface area contributed by atoms with Crippen molar-refractivity contribution in [3.63, 3.8) is 0 Å². The molecule has 16 heavy (non-hydrogen) atoms. The van der Waals surface area contributed by atoms with E-state index in [1.54, 1.807) is 19.1 Å². The van der Waals surface area contributed by atoms with Gasteiger partial charge in [0, 0.05) is 8.04 Å². The lowest BCUT2D eigenvalue weighted by Crippen LogP contribution is -2.30. The smallest absolute Gasteiger partial charge is 0.317 e. The molecule has 0 radical (unpaired) electrons. The molecule has 0 atom stereocenters. The largest absolute Gasteiger partial charge is 0.471 e. The fourth-order valence-electron chi connectivity index (χ4n) is 1.04. The van der Waals surface area contributed by atoms with E-state index in [1.807, 2.05) is 27.9 Å². The minimum absolute atomic E-state index is 0.186. The van der Waals surface area contributed by atoms with Crippen LogP contribution in [0.1, 0.15) is 5.56 Å². The molecule has 0 aliphatic carbocycles. The van der Waals surface area contributed by atoms with Crippen LogP contribution in [0.3, 0.4) is 0 Å². The minimum atomic E-state index is -4.87. The molecule has 2 nitrogen and oxygen atoms in total. The van der Waals surface area contributed by atoms with Gasteiger partial charge in [0.05, 0.1) is 5.69 Å². The van der Waals surface area contributed by atoms with Gasteiger partial charge >= 0.3 is 12.1 Å². The highest BCUT2D eigenvalue weighted by Crippen LogP contribution is 2.28. The van der Waals surface area contributed by atoms with Crippen LogP contribution >= 0.6 is 38.5 Å². The zero-order valence-corrected chi connectivity index (χ0v) is 11.7. The second-order valence-corrected chi connectivity index (χ2v) is 5.11. The molecular formula is C9H6BrF3INO. The van der Waals surface area contributed by atoms with Crippen molar-refractivity contribution < 1.29 is 18.0 Å². The molecule has 1 aromatic carbocycles. The molecule has 0 unspecified atom stereocenters. The van der Waals surface area contributed by atoms with Crippen molar-refractivity contribution in [2.75, 3.05) is 5.32 Å². The van der Waals surface area contributed by atoms with Crippen LogP contribution in [0.5, 0.6) is 0 Å². The Hall–Kier alpha value is -0.310. The molecule has 1 aromatic rings. The predicted octanol–water partition coefficient (Wildman–Crippen LogP) is 3.86. The Morgan fingerprint density at radius 2 is 2.00 bits per heavy atom. The molecule has 0 saturated carbocycles. The van der Waals surface area contributed by atoms with Gasteiger partial charge in [0.2, 0.25) is 0 Å². The molecule has 0 aliphatic heterocycles. The van der Waals surface area contributed by atoms with Gasteiger partial charge in [-0.2, -0.15) is 13.2 Å². The van der Waals surface area contributed by atoms with E-state index in [9.17, 15) is 18.0 Å². The van der Waals surface area contributed by atoms with Gasteiger partial charge in [-0.05, 0) is 47.2 Å². The number of carbonyl (C=O) groups excluding carboxylic acids is 1. The average molecular weight is 408 g/mol. The lowest BCUT2D eigenvalue weighted by atomic mass is 10.2. The first kappa shape index (κ1) is 13.8. The normalized spacial score (nSPS) is 11.4. The standard InChI is InChI=1S/C9H6BrF3INO/c1-4-2-5(10)3-6(14)7(4)15-8(16)9(11,12)13/h2-3H,1H3,(H,15,16). The van der Waals surface area contributed by atoms with Crippen molar-refractivity contribution >= 4 is 50.1 Å². The van der Waals surface area contributed by atoms with Gasteiger partial charge < -0.3 is 5.32 Å². The summed E-state index contributed by atoms with van der Waals surface area (Å²) in [7, 11) is 0. The molecule has 0 aliphatic rings. The van der Waals surface area contributed by atoms with E-state index in [0.29, 0.717) is 9.13 Å². The number of rotatable bonds is 1. The van der Waals surface area contributed by atoms with Crippen LogP contribution < -0.4 is 5.32 Å². The third-order valence-corrected chi connectivity index (χ3v) is 3.06. The Balaban J connectivity index is 3.03. The Kier molecular flexibility index (Phi) is 4.22. The summed E-state index contributed by atoms with van der Waals surface area (Å²) in [5.74, 6) is -1.96. The van der Waals surface area contributed by atoms with Crippen LogP contribution in [-0.2, 0) is 4.79 Å². The van der Waals surface area contributed by atoms with Crippen LogP contribution in [0.4, 0.5) is 18.9 Å². The molecule has 0 saturated heterocycles. The number of hydrogen-bond donors (Lipinski definition) is 1. The van der Waals surface area contributed by atoms with Crippen molar-refractivity contribution in [1.29, 1.82) is 0 Å². The molecule has 0 heterocycles. The first-order chi connectivity index (χ1) is 7.21. The van der Waals surface area contributed by atoms with Gasteiger partial charge in [-0.3, -0.25) is 4.79 Å². The van der Waals surface area contributed by atoms with E-state index in [-0.39, 0.29) is 5.69 Å². The van der Waals surface area contributed by atoms with Crippen LogP contribution in [0.25, 0.3) is 0 Å². The third kappa shape index (κ3) is 3.34. The summed E-state index contributed by atoms with van der Waals surface area (Å²) in [6, 6.07) is 3.26. The maximum atomic E-state index is 12.1. The summed E-state index contributed by atoms with van der Waals surface area (Å²) in [5, 5.41) is 1.85. The fourth-order valence-corrected chi connectivity index (χ4v) is 2.94. The molecule has 88 valence electrons. The predicted molar refractivity (Wildman–Crippen MR) is 66.3 cm³/mol. The van der Waals surface area contributed by atoms with Crippen LogP contribution in [0, 0.1) is 10.5 Å². The average Bonchev–Trinajstić information content (AvgIpc) is 2.08. The highest BCUT2D eigenvalue weighted by Gasteiger charge is 2.39. The summed E-state index contributed by atoms with van der Waals surface area (Å²) in [5.41, 5.74) is 0.752. The number of halogens is 5. The fraction of sp³-hybridized carbons (Fsp3) is 0.222. The number of alkyl halides is 3. The Bertz CT molecular complexity index is 410. The summed E-state index contributed by atoms with van der Waals surface area (Å²) in [6.07, 6.45) is -4.87. The van der Waals surface area contributed by atoms with Crippen LogP contribution in [0.15, 0.2) is 16.6 Å². The lowest BCUT2D eigenvalue weighted by Gasteiger charge is -2.12. The number of amides is 1. The second-order valence-electron chi connectivity index (χ2n) is 3.03. The Morgan fingerprint density at radius 1 is 1.44 bits per heavy atom. The van der Waals surface area contributed by atoms with Gasteiger partial charge in [-0.25, -0.2) is 0 Å². The highest BCUT2D eigenvalue weighted by atomic mass is 127. The van der Waals surface area contributed by atoms with E-state index in [2.05, 4.69) is 15.9 Å². The third-order valence-electron chi connectivity index (χ3n) is 1.75. The Labute approximate surface area is 112 Å². The maximum Gasteiger partial charge on any atom is 0.471 e. The number of carbonyl (C=O) groups is 1. The molecule has 1 N–H and O–H groups in total. The van der Waals surface area contributed by atoms with E-state index in [0.717, 1.165) is 4.47 Å². The monoisotopic (exact) mass is 407 g/mol. The number of hydrogen-bond acceptors (Lipinski definition) is 1. The van der Waals surface area contributed by atoms with Gasteiger partial charge in [0.25, 0.3) is 0 Å². The molecule has 0 bridgehead atoms. The molecule has 0 fully saturated rings.